The van der Waals surface area contributed by atoms with Gasteiger partial charge in [-0.15, -0.1) is 0 Å². The molecule has 0 aliphatic heterocycles. The second-order valence-corrected chi connectivity index (χ2v) is 10.3. The molecule has 0 spiro atoms. The average Bonchev–Trinajstić information content (AvgIpc) is 2.99. The molecule has 0 N–H and O–H groups in total. The third-order valence-corrected chi connectivity index (χ3v) is 6.83. The molecule has 0 radical (unpaired) electrons. The first kappa shape index (κ1) is 20.6. The Labute approximate surface area is 192 Å². The van der Waals surface area contributed by atoms with Gasteiger partial charge in [-0.05, 0) is 75.9 Å². The minimum Gasteiger partial charge on any atom is -0.310 e. The van der Waals surface area contributed by atoms with Crippen LogP contribution >= 0.6 is 0 Å². The lowest BCUT2D eigenvalue weighted by Gasteiger charge is -2.26. The SMILES string of the molecule is CC1(C)CC(C)(C)c2cc(-c3cccc(N(c4ccccc4)c4ccccc4)c3)ccc21. The van der Waals surface area contributed by atoms with Gasteiger partial charge in [0.25, 0.3) is 0 Å². The molecule has 1 aliphatic carbocycles. The number of hydrogen-bond acceptors (Lipinski definition) is 1. The quantitative estimate of drug-likeness (QED) is 0.321. The number of hydrogen-bond donors (Lipinski definition) is 0. The van der Waals surface area contributed by atoms with Crippen LogP contribution in [0.25, 0.3) is 11.1 Å². The van der Waals surface area contributed by atoms with Crippen molar-refractivity contribution in [2.24, 2.45) is 0 Å². The molecule has 0 heterocycles. The zero-order chi connectivity index (χ0) is 22.3. The summed E-state index contributed by atoms with van der Waals surface area (Å²) in [7, 11) is 0. The van der Waals surface area contributed by atoms with Crippen molar-refractivity contribution in [2.75, 3.05) is 4.90 Å². The summed E-state index contributed by atoms with van der Waals surface area (Å²) in [6.45, 7) is 9.51. The van der Waals surface area contributed by atoms with Crippen LogP contribution in [-0.4, -0.2) is 0 Å². The second kappa shape index (κ2) is 7.67. The Balaban J connectivity index is 1.61. The lowest BCUT2D eigenvalue weighted by molar-refractivity contribution is 0.403. The van der Waals surface area contributed by atoms with Gasteiger partial charge in [-0.3, -0.25) is 0 Å². The zero-order valence-electron chi connectivity index (χ0n) is 19.5. The normalized spacial score (nSPS) is 15.9. The number of fused-ring (bicyclic) bond motifs is 1. The summed E-state index contributed by atoms with van der Waals surface area (Å²) >= 11 is 0. The Morgan fingerprint density at radius 2 is 1.03 bits per heavy atom. The minimum absolute atomic E-state index is 0.201. The summed E-state index contributed by atoms with van der Waals surface area (Å²) < 4.78 is 0. The van der Waals surface area contributed by atoms with E-state index in [0.717, 1.165) is 11.4 Å². The molecule has 160 valence electrons. The van der Waals surface area contributed by atoms with Crippen LogP contribution in [0.3, 0.4) is 0 Å². The van der Waals surface area contributed by atoms with E-state index in [2.05, 4.69) is 136 Å². The van der Waals surface area contributed by atoms with Crippen LogP contribution in [0.5, 0.6) is 0 Å². The molecule has 32 heavy (non-hydrogen) atoms. The fourth-order valence-electron chi connectivity index (χ4n) is 5.60. The van der Waals surface area contributed by atoms with Crippen LogP contribution < -0.4 is 4.90 Å². The van der Waals surface area contributed by atoms with Crippen LogP contribution in [0.2, 0.25) is 0 Å². The Morgan fingerprint density at radius 3 is 1.66 bits per heavy atom. The van der Waals surface area contributed by atoms with Crippen LogP contribution in [0.15, 0.2) is 103 Å². The molecule has 0 atom stereocenters. The van der Waals surface area contributed by atoms with Gasteiger partial charge in [-0.2, -0.15) is 0 Å². The lowest BCUT2D eigenvalue weighted by atomic mass is 9.82. The molecule has 0 saturated heterocycles. The van der Waals surface area contributed by atoms with E-state index in [0.29, 0.717) is 0 Å². The monoisotopic (exact) mass is 417 g/mol. The molecule has 4 aromatic carbocycles. The summed E-state index contributed by atoms with van der Waals surface area (Å²) in [5.74, 6) is 0. The summed E-state index contributed by atoms with van der Waals surface area (Å²) in [6, 6.07) is 37.2. The van der Waals surface area contributed by atoms with E-state index < -0.39 is 0 Å². The van der Waals surface area contributed by atoms with Crippen molar-refractivity contribution in [3.8, 4) is 11.1 Å². The number of rotatable bonds is 4. The summed E-state index contributed by atoms with van der Waals surface area (Å²) in [5.41, 5.74) is 9.45. The van der Waals surface area contributed by atoms with Crippen LogP contribution in [0.1, 0.15) is 45.2 Å². The largest absolute Gasteiger partial charge is 0.310 e. The number of para-hydroxylation sites is 2. The van der Waals surface area contributed by atoms with Crippen molar-refractivity contribution in [1.82, 2.24) is 0 Å². The standard InChI is InChI=1S/C31H31N/c1-30(2)22-31(3,4)29-21-24(18-19-28(29)30)23-12-11-17-27(20-23)32(25-13-7-5-8-14-25)26-15-9-6-10-16-26/h5-21H,22H2,1-4H3. The number of benzene rings is 4. The Bertz CT molecular complexity index is 1200. The molecule has 0 fully saturated rings. The molecule has 1 nitrogen and oxygen atoms in total. The highest BCUT2D eigenvalue weighted by Crippen LogP contribution is 2.50. The molecular weight excluding hydrogens is 386 g/mol. The lowest BCUT2D eigenvalue weighted by Crippen LogP contribution is -2.17. The van der Waals surface area contributed by atoms with Crippen LogP contribution in [0.4, 0.5) is 17.1 Å². The topological polar surface area (TPSA) is 3.24 Å². The van der Waals surface area contributed by atoms with E-state index in [1.807, 2.05) is 0 Å². The van der Waals surface area contributed by atoms with Crippen molar-refractivity contribution in [1.29, 1.82) is 0 Å². The highest BCUT2D eigenvalue weighted by molar-refractivity contribution is 5.80. The molecule has 4 aromatic rings. The van der Waals surface area contributed by atoms with E-state index in [-0.39, 0.29) is 10.8 Å². The van der Waals surface area contributed by atoms with Gasteiger partial charge in [-0.1, -0.05) is 94.4 Å². The summed E-state index contributed by atoms with van der Waals surface area (Å²) in [4.78, 5) is 2.32. The van der Waals surface area contributed by atoms with Crippen LogP contribution in [-0.2, 0) is 10.8 Å². The van der Waals surface area contributed by atoms with Crippen molar-refractivity contribution >= 4 is 17.1 Å². The molecule has 1 aliphatic rings. The van der Waals surface area contributed by atoms with E-state index in [1.165, 1.54) is 34.4 Å². The van der Waals surface area contributed by atoms with E-state index in [1.54, 1.807) is 0 Å². The average molecular weight is 418 g/mol. The molecule has 5 rings (SSSR count). The van der Waals surface area contributed by atoms with E-state index in [4.69, 9.17) is 0 Å². The third kappa shape index (κ3) is 3.62. The third-order valence-electron chi connectivity index (χ3n) is 6.83. The van der Waals surface area contributed by atoms with Gasteiger partial charge in [0.15, 0.2) is 0 Å². The summed E-state index contributed by atoms with van der Waals surface area (Å²) in [5, 5.41) is 0. The minimum atomic E-state index is 0.201. The highest BCUT2D eigenvalue weighted by Gasteiger charge is 2.41. The second-order valence-electron chi connectivity index (χ2n) is 10.3. The fraction of sp³-hybridized carbons (Fsp3) is 0.226. The Kier molecular flexibility index (Phi) is 4.93. The molecule has 0 bridgehead atoms. The first-order chi connectivity index (χ1) is 15.4. The smallest absolute Gasteiger partial charge is 0.0467 e. The van der Waals surface area contributed by atoms with Gasteiger partial charge < -0.3 is 4.90 Å². The molecule has 0 amide bonds. The predicted molar refractivity (Wildman–Crippen MR) is 137 cm³/mol. The van der Waals surface area contributed by atoms with Gasteiger partial charge in [-0.25, -0.2) is 0 Å². The maximum absolute atomic E-state index is 2.43. The van der Waals surface area contributed by atoms with Crippen molar-refractivity contribution in [3.05, 3.63) is 114 Å². The van der Waals surface area contributed by atoms with Crippen molar-refractivity contribution in [3.63, 3.8) is 0 Å². The molecule has 0 aromatic heterocycles. The fourth-order valence-corrected chi connectivity index (χ4v) is 5.60. The van der Waals surface area contributed by atoms with Gasteiger partial charge >= 0.3 is 0 Å². The molecular formula is C31H31N. The predicted octanol–water partition coefficient (Wildman–Crippen LogP) is 8.78. The van der Waals surface area contributed by atoms with Crippen LogP contribution in [0, 0.1) is 0 Å². The van der Waals surface area contributed by atoms with Crippen molar-refractivity contribution in [2.45, 2.75) is 44.9 Å². The Hall–Kier alpha value is -3.32. The van der Waals surface area contributed by atoms with Gasteiger partial charge in [0.05, 0.1) is 0 Å². The van der Waals surface area contributed by atoms with Crippen molar-refractivity contribution < 1.29 is 0 Å². The molecule has 1 heteroatoms. The Morgan fingerprint density at radius 1 is 0.500 bits per heavy atom. The van der Waals surface area contributed by atoms with Gasteiger partial charge in [0.1, 0.15) is 0 Å². The number of anilines is 3. The maximum atomic E-state index is 2.43. The highest BCUT2D eigenvalue weighted by atomic mass is 15.1. The first-order valence-corrected chi connectivity index (χ1v) is 11.5. The maximum Gasteiger partial charge on any atom is 0.0467 e. The van der Waals surface area contributed by atoms with E-state index >= 15 is 0 Å². The zero-order valence-corrected chi connectivity index (χ0v) is 19.5. The van der Waals surface area contributed by atoms with Gasteiger partial charge in [0.2, 0.25) is 0 Å². The van der Waals surface area contributed by atoms with Gasteiger partial charge in [0, 0.05) is 17.1 Å². The molecule has 0 unspecified atom stereocenters. The summed E-state index contributed by atoms with van der Waals surface area (Å²) in [6.07, 6.45) is 1.19. The molecule has 0 saturated carbocycles. The van der Waals surface area contributed by atoms with E-state index in [9.17, 15) is 0 Å². The number of nitrogens with zero attached hydrogens (tertiary/aromatic N) is 1. The first-order valence-electron chi connectivity index (χ1n) is 11.5.